The number of fused-ring (bicyclic) bond motifs is 1. The Kier molecular flexibility index (Phi) is 1.24. The van der Waals surface area contributed by atoms with Crippen molar-refractivity contribution < 1.29 is 0 Å². The van der Waals surface area contributed by atoms with Gasteiger partial charge in [-0.25, -0.2) is 0 Å². The second kappa shape index (κ2) is 2.10. The Morgan fingerprint density at radius 1 is 1.20 bits per heavy atom. The van der Waals surface area contributed by atoms with E-state index < -0.39 is 0 Å². The Labute approximate surface area is 66.3 Å². The number of nitrogens with one attached hydrogen (secondary N) is 1. The van der Waals surface area contributed by atoms with Crippen molar-refractivity contribution in [1.29, 1.82) is 0 Å². The number of aromatic amines is 1. The molecule has 1 aromatic heterocycles. The Bertz CT molecular complexity index is 355. The number of rotatable bonds is 0. The third-order valence-corrected chi connectivity index (χ3v) is 1.88. The van der Waals surface area contributed by atoms with Crippen LogP contribution in [0.15, 0.2) is 18.2 Å². The molecule has 1 heterocycles. The standard InChI is InChI=1S/C6H4AsN3/c7-4-1-2-5-6(3-4)9-10-8-5/h1-3H,(H,8,9,10). The van der Waals surface area contributed by atoms with Gasteiger partial charge < -0.3 is 0 Å². The van der Waals surface area contributed by atoms with Crippen molar-refractivity contribution in [1.82, 2.24) is 15.4 Å². The zero-order valence-electron chi connectivity index (χ0n) is 5.07. The van der Waals surface area contributed by atoms with Crippen LogP contribution in [-0.2, 0) is 0 Å². The predicted molar refractivity (Wildman–Crippen MR) is 39.3 cm³/mol. The summed E-state index contributed by atoms with van der Waals surface area (Å²) < 4.78 is 1.15. The molecule has 0 fully saturated rings. The minimum atomic E-state index is 0.912. The number of hydrogen-bond donors (Lipinski definition) is 1. The first-order valence-electron chi connectivity index (χ1n) is 2.86. The molecule has 2 radical (unpaired) electrons. The second-order valence-corrected chi connectivity index (χ2v) is 3.08. The summed E-state index contributed by atoms with van der Waals surface area (Å²) in [6.07, 6.45) is 0. The molecule has 0 spiro atoms. The van der Waals surface area contributed by atoms with Crippen LogP contribution in [0.1, 0.15) is 0 Å². The zero-order chi connectivity index (χ0) is 6.97. The van der Waals surface area contributed by atoms with Crippen LogP contribution in [0.25, 0.3) is 11.0 Å². The van der Waals surface area contributed by atoms with Gasteiger partial charge in [-0.1, -0.05) is 0 Å². The Hall–Kier alpha value is -0.822. The van der Waals surface area contributed by atoms with Crippen molar-refractivity contribution in [2.24, 2.45) is 0 Å². The van der Waals surface area contributed by atoms with E-state index in [-0.39, 0.29) is 0 Å². The Morgan fingerprint density at radius 3 is 2.90 bits per heavy atom. The van der Waals surface area contributed by atoms with Crippen LogP contribution in [0.2, 0.25) is 0 Å². The van der Waals surface area contributed by atoms with Crippen molar-refractivity contribution in [3.63, 3.8) is 0 Å². The first-order chi connectivity index (χ1) is 4.86. The van der Waals surface area contributed by atoms with Gasteiger partial charge in [0.05, 0.1) is 0 Å². The second-order valence-electron chi connectivity index (χ2n) is 2.00. The molecule has 1 aromatic carbocycles. The third kappa shape index (κ3) is 0.829. The van der Waals surface area contributed by atoms with Gasteiger partial charge in [0, 0.05) is 0 Å². The molecule has 0 saturated heterocycles. The van der Waals surface area contributed by atoms with Crippen molar-refractivity contribution in [3.05, 3.63) is 18.2 Å². The first kappa shape index (κ1) is 5.93. The van der Waals surface area contributed by atoms with E-state index in [2.05, 4.69) is 32.3 Å². The van der Waals surface area contributed by atoms with Crippen molar-refractivity contribution >= 4 is 32.2 Å². The van der Waals surface area contributed by atoms with Gasteiger partial charge in [0.2, 0.25) is 0 Å². The minimum absolute atomic E-state index is 0.912. The molecule has 1 N–H and O–H groups in total. The molecule has 3 nitrogen and oxygen atoms in total. The molecular weight excluding hydrogens is 189 g/mol. The van der Waals surface area contributed by atoms with Gasteiger partial charge in [0.1, 0.15) is 0 Å². The van der Waals surface area contributed by atoms with E-state index >= 15 is 0 Å². The summed E-state index contributed by atoms with van der Waals surface area (Å²) >= 11 is 2.47. The first-order valence-corrected chi connectivity index (χ1v) is 3.79. The topological polar surface area (TPSA) is 41.6 Å². The summed E-state index contributed by atoms with van der Waals surface area (Å²) in [6, 6.07) is 5.90. The van der Waals surface area contributed by atoms with Crippen LogP contribution in [0.3, 0.4) is 0 Å². The van der Waals surface area contributed by atoms with Gasteiger partial charge in [-0.05, 0) is 0 Å². The molecule has 4 heteroatoms. The van der Waals surface area contributed by atoms with Gasteiger partial charge in [-0.15, -0.1) is 0 Å². The van der Waals surface area contributed by atoms with E-state index in [1.807, 2.05) is 18.2 Å². The van der Waals surface area contributed by atoms with Gasteiger partial charge in [-0.2, -0.15) is 0 Å². The zero-order valence-corrected chi connectivity index (χ0v) is 6.95. The molecule has 0 amide bonds. The van der Waals surface area contributed by atoms with Crippen LogP contribution >= 0.6 is 0 Å². The number of benzene rings is 1. The van der Waals surface area contributed by atoms with Crippen LogP contribution in [0, 0.1) is 0 Å². The van der Waals surface area contributed by atoms with E-state index in [4.69, 9.17) is 0 Å². The number of aromatic nitrogens is 3. The fourth-order valence-electron chi connectivity index (χ4n) is 0.829. The fourth-order valence-corrected chi connectivity index (χ4v) is 1.24. The van der Waals surface area contributed by atoms with Crippen LogP contribution in [0.5, 0.6) is 0 Å². The molecule has 0 aliphatic carbocycles. The van der Waals surface area contributed by atoms with Crippen molar-refractivity contribution in [2.75, 3.05) is 0 Å². The number of hydrogen-bond acceptors (Lipinski definition) is 2. The molecule has 48 valence electrons. The van der Waals surface area contributed by atoms with Crippen LogP contribution in [-0.4, -0.2) is 32.3 Å². The van der Waals surface area contributed by atoms with E-state index in [0.29, 0.717) is 0 Å². The Balaban J connectivity index is 2.86. The summed E-state index contributed by atoms with van der Waals surface area (Å²) in [5.41, 5.74) is 1.83. The maximum atomic E-state index is 3.93. The normalized spacial score (nSPS) is 10.5. The quantitative estimate of drug-likeness (QED) is 0.586. The molecule has 2 aromatic rings. The van der Waals surface area contributed by atoms with Gasteiger partial charge in [-0.3, -0.25) is 0 Å². The van der Waals surface area contributed by atoms with E-state index in [1.54, 1.807) is 0 Å². The molecule has 0 atom stereocenters. The SMILES string of the molecule is [As]c1ccc2n[nH]nc2c1. The fraction of sp³-hybridized carbons (Fsp3) is 0. The molecule has 0 unspecified atom stereocenters. The van der Waals surface area contributed by atoms with Crippen LogP contribution in [0.4, 0.5) is 0 Å². The Morgan fingerprint density at radius 2 is 2.00 bits per heavy atom. The summed E-state index contributed by atoms with van der Waals surface area (Å²) in [5, 5.41) is 10.4. The average Bonchev–Trinajstić information content (AvgIpc) is 2.33. The monoisotopic (exact) mass is 193 g/mol. The maximum absolute atomic E-state index is 3.93. The van der Waals surface area contributed by atoms with E-state index in [9.17, 15) is 0 Å². The van der Waals surface area contributed by atoms with Crippen molar-refractivity contribution in [2.45, 2.75) is 0 Å². The van der Waals surface area contributed by atoms with Gasteiger partial charge in [0.15, 0.2) is 0 Å². The van der Waals surface area contributed by atoms with E-state index in [1.165, 1.54) is 0 Å². The van der Waals surface area contributed by atoms with Gasteiger partial charge >= 0.3 is 65.8 Å². The number of nitrogens with zero attached hydrogens (tertiary/aromatic N) is 2. The van der Waals surface area contributed by atoms with Gasteiger partial charge in [0.25, 0.3) is 0 Å². The molecule has 0 bridgehead atoms. The average molecular weight is 193 g/mol. The molecule has 0 aliphatic rings. The summed E-state index contributed by atoms with van der Waals surface area (Å²) in [4.78, 5) is 0. The summed E-state index contributed by atoms with van der Waals surface area (Å²) in [5.74, 6) is 0. The molecule has 0 saturated carbocycles. The summed E-state index contributed by atoms with van der Waals surface area (Å²) in [7, 11) is 0. The predicted octanol–water partition coefficient (Wildman–Crippen LogP) is -0.248. The third-order valence-electron chi connectivity index (χ3n) is 1.30. The van der Waals surface area contributed by atoms with Crippen LogP contribution < -0.4 is 4.35 Å². The molecule has 0 aliphatic heterocycles. The molecular formula is C6H4AsN3. The molecule has 10 heavy (non-hydrogen) atoms. The molecule has 2 rings (SSSR count). The van der Waals surface area contributed by atoms with Crippen molar-refractivity contribution in [3.8, 4) is 0 Å². The van der Waals surface area contributed by atoms with E-state index in [0.717, 1.165) is 15.4 Å². The number of H-pyrrole nitrogens is 1. The summed E-state index contributed by atoms with van der Waals surface area (Å²) in [6.45, 7) is 0.